The predicted octanol–water partition coefficient (Wildman–Crippen LogP) is 7.64. The molecule has 0 spiro atoms. The van der Waals surface area contributed by atoms with Crippen LogP contribution in [0.15, 0.2) is 84.9 Å². The smallest absolute Gasteiger partial charge is 0.266 e. The van der Waals surface area contributed by atoms with Crippen molar-refractivity contribution in [1.82, 2.24) is 14.9 Å². The molecule has 0 unspecified atom stereocenters. The van der Waals surface area contributed by atoms with Crippen LogP contribution >= 0.6 is 23.2 Å². The average molecular weight is 637 g/mol. The van der Waals surface area contributed by atoms with Crippen molar-refractivity contribution in [2.75, 3.05) is 12.3 Å². The lowest BCUT2D eigenvalue weighted by molar-refractivity contribution is 0.0956. The first-order valence-corrected chi connectivity index (χ1v) is 16.0. The summed E-state index contributed by atoms with van der Waals surface area (Å²) in [5, 5.41) is 3.67. The standard InChI is InChI=1S/C33H31Cl2N3O4S/c1-33(2,3)25-12-15-30-29(18-25)37-31(23-10-8-22(9-11-23)27-14-13-26(34)19-28(27)35)38(30)20-21-4-6-24(7-5-21)32(39)36-16-17-43(40,41)42/h4-15,18-19H,16-17,20H2,1-3H3,(H,36,39)(H,40,41,42). The third kappa shape index (κ3) is 7.28. The van der Waals surface area contributed by atoms with Gasteiger partial charge in [0.25, 0.3) is 16.0 Å². The second-order valence-corrected chi connectivity index (χ2v) is 13.8. The fraction of sp³-hybridized carbons (Fsp3) is 0.212. The van der Waals surface area contributed by atoms with Crippen molar-refractivity contribution in [3.8, 4) is 22.5 Å². The number of nitrogens with zero attached hydrogens (tertiary/aromatic N) is 2. The number of hydrogen-bond acceptors (Lipinski definition) is 4. The second kappa shape index (κ2) is 12.1. The van der Waals surface area contributed by atoms with Gasteiger partial charge in [0.15, 0.2) is 0 Å². The Balaban J connectivity index is 1.48. The van der Waals surface area contributed by atoms with Crippen LogP contribution in [0.1, 0.15) is 42.3 Å². The maximum absolute atomic E-state index is 12.4. The summed E-state index contributed by atoms with van der Waals surface area (Å²) in [6.07, 6.45) is 0. The number of carbonyl (C=O) groups is 1. The maximum atomic E-state index is 12.4. The Morgan fingerprint density at radius 1 is 0.907 bits per heavy atom. The number of benzene rings is 4. The highest BCUT2D eigenvalue weighted by Crippen LogP contribution is 2.34. The summed E-state index contributed by atoms with van der Waals surface area (Å²) >= 11 is 12.5. The Bertz CT molecular complexity index is 1910. The minimum absolute atomic E-state index is 0.0323. The Morgan fingerprint density at radius 3 is 2.21 bits per heavy atom. The molecule has 5 aromatic rings. The largest absolute Gasteiger partial charge is 0.351 e. The summed E-state index contributed by atoms with van der Waals surface area (Å²) in [5.74, 6) is -0.154. The molecule has 0 aliphatic carbocycles. The van der Waals surface area contributed by atoms with Gasteiger partial charge in [0.05, 0.1) is 16.8 Å². The predicted molar refractivity (Wildman–Crippen MR) is 174 cm³/mol. The van der Waals surface area contributed by atoms with E-state index in [9.17, 15) is 13.2 Å². The number of rotatable bonds is 8. The highest BCUT2D eigenvalue weighted by molar-refractivity contribution is 7.85. The number of carbonyl (C=O) groups excluding carboxylic acids is 1. The van der Waals surface area contributed by atoms with Gasteiger partial charge in [0, 0.05) is 39.8 Å². The number of hydrogen-bond donors (Lipinski definition) is 2. The van der Waals surface area contributed by atoms with Crippen molar-refractivity contribution in [3.63, 3.8) is 0 Å². The van der Waals surface area contributed by atoms with E-state index in [1.54, 1.807) is 18.2 Å². The third-order valence-corrected chi connectivity index (χ3v) is 8.47. The summed E-state index contributed by atoms with van der Waals surface area (Å²) in [6, 6.07) is 27.0. The molecule has 5 rings (SSSR count). The molecule has 222 valence electrons. The van der Waals surface area contributed by atoms with Gasteiger partial charge in [-0.05, 0) is 58.5 Å². The van der Waals surface area contributed by atoms with E-state index >= 15 is 0 Å². The Hall–Kier alpha value is -3.69. The molecule has 7 nitrogen and oxygen atoms in total. The number of amides is 1. The van der Waals surface area contributed by atoms with Crippen LogP contribution in [0.4, 0.5) is 0 Å². The van der Waals surface area contributed by atoms with Crippen molar-refractivity contribution < 1.29 is 17.8 Å². The molecule has 2 N–H and O–H groups in total. The van der Waals surface area contributed by atoms with Crippen LogP contribution in [0.3, 0.4) is 0 Å². The fourth-order valence-corrected chi connectivity index (χ4v) is 5.72. The van der Waals surface area contributed by atoms with Crippen LogP contribution in [-0.4, -0.2) is 40.7 Å². The van der Waals surface area contributed by atoms with E-state index in [4.69, 9.17) is 32.7 Å². The lowest BCUT2D eigenvalue weighted by Gasteiger charge is -2.18. The van der Waals surface area contributed by atoms with Crippen molar-refractivity contribution in [2.24, 2.45) is 0 Å². The molecule has 1 aromatic heterocycles. The van der Waals surface area contributed by atoms with Gasteiger partial charge in [-0.25, -0.2) is 4.98 Å². The number of halogens is 2. The van der Waals surface area contributed by atoms with Gasteiger partial charge in [-0.3, -0.25) is 9.35 Å². The minimum atomic E-state index is -4.15. The second-order valence-electron chi connectivity index (χ2n) is 11.4. The molecule has 4 aromatic carbocycles. The number of nitrogens with one attached hydrogen (secondary N) is 1. The van der Waals surface area contributed by atoms with Crippen LogP contribution in [0.25, 0.3) is 33.5 Å². The molecule has 0 aliphatic rings. The molecular formula is C33H31Cl2N3O4S. The first-order chi connectivity index (χ1) is 20.3. The third-order valence-electron chi connectivity index (χ3n) is 7.20. The summed E-state index contributed by atoms with van der Waals surface area (Å²) in [6.45, 7) is 6.85. The van der Waals surface area contributed by atoms with Crippen LogP contribution in [0, 0.1) is 0 Å². The maximum Gasteiger partial charge on any atom is 0.266 e. The zero-order chi connectivity index (χ0) is 30.9. The van der Waals surface area contributed by atoms with Gasteiger partial charge in [0.2, 0.25) is 0 Å². The molecule has 1 heterocycles. The Labute approximate surface area is 261 Å². The van der Waals surface area contributed by atoms with Crippen LogP contribution in [0.2, 0.25) is 10.0 Å². The first kappa shape index (κ1) is 30.8. The molecule has 10 heteroatoms. The van der Waals surface area contributed by atoms with E-state index in [0.29, 0.717) is 22.2 Å². The minimum Gasteiger partial charge on any atom is -0.351 e. The molecule has 0 saturated heterocycles. The summed E-state index contributed by atoms with van der Waals surface area (Å²) in [7, 11) is -4.15. The summed E-state index contributed by atoms with van der Waals surface area (Å²) in [4.78, 5) is 17.5. The highest BCUT2D eigenvalue weighted by Gasteiger charge is 2.19. The normalized spacial score (nSPS) is 12.0. The average Bonchev–Trinajstić information content (AvgIpc) is 3.30. The van der Waals surface area contributed by atoms with Crippen LogP contribution in [0.5, 0.6) is 0 Å². The quantitative estimate of drug-likeness (QED) is 0.171. The van der Waals surface area contributed by atoms with Gasteiger partial charge < -0.3 is 9.88 Å². The van der Waals surface area contributed by atoms with Crippen molar-refractivity contribution in [1.29, 1.82) is 0 Å². The lowest BCUT2D eigenvalue weighted by Crippen LogP contribution is -2.28. The monoisotopic (exact) mass is 635 g/mol. The topological polar surface area (TPSA) is 101 Å². The molecular weight excluding hydrogens is 605 g/mol. The van der Waals surface area contributed by atoms with E-state index in [1.165, 1.54) is 5.56 Å². The first-order valence-electron chi connectivity index (χ1n) is 13.7. The van der Waals surface area contributed by atoms with Gasteiger partial charge in [0.1, 0.15) is 5.82 Å². The van der Waals surface area contributed by atoms with E-state index in [0.717, 1.165) is 39.1 Å². The van der Waals surface area contributed by atoms with Crippen LogP contribution in [-0.2, 0) is 22.1 Å². The molecule has 0 fully saturated rings. The highest BCUT2D eigenvalue weighted by atomic mass is 35.5. The number of imidazole rings is 1. The van der Waals surface area contributed by atoms with E-state index < -0.39 is 21.8 Å². The number of fused-ring (bicyclic) bond motifs is 1. The summed E-state index contributed by atoms with van der Waals surface area (Å²) in [5.41, 5.74) is 7.18. The molecule has 0 atom stereocenters. The van der Waals surface area contributed by atoms with Crippen molar-refractivity contribution >= 4 is 50.3 Å². The van der Waals surface area contributed by atoms with Gasteiger partial charge in [-0.15, -0.1) is 0 Å². The molecule has 0 bridgehead atoms. The van der Waals surface area contributed by atoms with E-state index in [1.807, 2.05) is 48.5 Å². The van der Waals surface area contributed by atoms with Gasteiger partial charge in [-0.2, -0.15) is 8.42 Å². The SMILES string of the molecule is CC(C)(C)c1ccc2c(c1)nc(-c1ccc(-c3ccc(Cl)cc3Cl)cc1)n2Cc1ccc(C(=O)NCCS(=O)(=O)O)cc1. The van der Waals surface area contributed by atoms with Crippen molar-refractivity contribution in [2.45, 2.75) is 32.7 Å². The summed E-state index contributed by atoms with van der Waals surface area (Å²) < 4.78 is 32.9. The van der Waals surface area contributed by atoms with Crippen LogP contribution < -0.4 is 5.32 Å². The van der Waals surface area contributed by atoms with E-state index in [2.05, 4.69) is 48.9 Å². The lowest BCUT2D eigenvalue weighted by atomic mass is 9.87. The Morgan fingerprint density at radius 2 is 1.58 bits per heavy atom. The molecule has 0 aliphatic heterocycles. The molecule has 1 amide bonds. The molecule has 0 saturated carbocycles. The zero-order valence-corrected chi connectivity index (χ0v) is 26.3. The van der Waals surface area contributed by atoms with E-state index in [-0.39, 0.29) is 12.0 Å². The van der Waals surface area contributed by atoms with Gasteiger partial charge in [-0.1, -0.05) is 92.5 Å². The Kier molecular flexibility index (Phi) is 8.68. The fourth-order valence-electron chi connectivity index (χ4n) is 4.84. The van der Waals surface area contributed by atoms with Gasteiger partial charge >= 0.3 is 0 Å². The zero-order valence-electron chi connectivity index (χ0n) is 23.9. The molecule has 0 radical (unpaired) electrons. The number of aromatic nitrogens is 2. The van der Waals surface area contributed by atoms with Crippen molar-refractivity contribution in [3.05, 3.63) is 112 Å². The molecule has 43 heavy (non-hydrogen) atoms.